The summed E-state index contributed by atoms with van der Waals surface area (Å²) in [5.74, 6) is 0.585. The first-order valence-corrected chi connectivity index (χ1v) is 5.47. The van der Waals surface area contributed by atoms with Crippen LogP contribution in [0.5, 0.6) is 0 Å². The average molecular weight is 256 g/mol. The van der Waals surface area contributed by atoms with Gasteiger partial charge in [-0.25, -0.2) is 0 Å². The fourth-order valence-electron chi connectivity index (χ4n) is 0.555. The fraction of sp³-hybridized carbons (Fsp3) is 0.143. The molecule has 6 heteroatoms. The van der Waals surface area contributed by atoms with E-state index in [1.54, 1.807) is 12.1 Å². The zero-order chi connectivity index (χ0) is 9.68. The summed E-state index contributed by atoms with van der Waals surface area (Å²) >= 11 is 18.1. The van der Waals surface area contributed by atoms with Gasteiger partial charge in [-0.2, -0.15) is 0 Å². The van der Waals surface area contributed by atoms with Crippen molar-refractivity contribution in [2.24, 2.45) is 0 Å². The van der Waals surface area contributed by atoms with Crippen LogP contribution in [-0.4, -0.2) is 16.0 Å². The molecule has 1 rings (SSSR count). The molecule has 0 aliphatic carbocycles. The molecule has 0 spiro atoms. The van der Waals surface area contributed by atoms with Crippen molar-refractivity contribution in [2.45, 2.75) is 5.03 Å². The van der Waals surface area contributed by atoms with E-state index in [0.29, 0.717) is 15.9 Å². The van der Waals surface area contributed by atoms with Crippen molar-refractivity contribution in [1.29, 1.82) is 0 Å². The van der Waals surface area contributed by atoms with Gasteiger partial charge in [0.15, 0.2) is 5.15 Å². The van der Waals surface area contributed by atoms with Crippen LogP contribution < -0.4 is 0 Å². The lowest BCUT2D eigenvalue weighted by atomic mass is 10.6. The second kappa shape index (κ2) is 5.70. The zero-order valence-corrected chi connectivity index (χ0v) is 9.46. The third-order valence-electron chi connectivity index (χ3n) is 1.08. The molecule has 0 bridgehead atoms. The molecule has 0 N–H and O–H groups in total. The lowest BCUT2D eigenvalue weighted by Gasteiger charge is -1.97. The van der Waals surface area contributed by atoms with Crippen molar-refractivity contribution in [3.05, 3.63) is 27.9 Å². The van der Waals surface area contributed by atoms with Gasteiger partial charge in [-0.1, -0.05) is 46.6 Å². The van der Waals surface area contributed by atoms with Gasteiger partial charge in [0.25, 0.3) is 0 Å². The van der Waals surface area contributed by atoms with Gasteiger partial charge in [0.2, 0.25) is 0 Å². The van der Waals surface area contributed by atoms with Gasteiger partial charge in [-0.3, -0.25) is 0 Å². The Morgan fingerprint density at radius 1 is 1.46 bits per heavy atom. The number of thioether (sulfide) groups is 1. The Balaban J connectivity index is 2.51. The van der Waals surface area contributed by atoms with Crippen LogP contribution in [-0.2, 0) is 0 Å². The summed E-state index contributed by atoms with van der Waals surface area (Å²) in [6.07, 6.45) is 0. The van der Waals surface area contributed by atoms with Crippen molar-refractivity contribution in [2.75, 3.05) is 5.75 Å². The second-order valence-corrected chi connectivity index (χ2v) is 4.13. The number of nitrogens with zero attached hydrogens (tertiary/aromatic N) is 2. The fourth-order valence-corrected chi connectivity index (χ4v) is 1.62. The molecular formula is C7H5Cl3N2S. The summed E-state index contributed by atoms with van der Waals surface area (Å²) in [5.41, 5.74) is 1.33. The van der Waals surface area contributed by atoms with Crippen LogP contribution in [0.15, 0.2) is 27.7 Å². The number of halogens is 3. The van der Waals surface area contributed by atoms with Crippen molar-refractivity contribution >= 4 is 46.6 Å². The Kier molecular flexibility index (Phi) is 4.88. The minimum Gasteiger partial charge on any atom is -0.143 e. The minimum absolute atomic E-state index is 0.378. The normalized spacial score (nSPS) is 11.8. The second-order valence-electron chi connectivity index (χ2n) is 2.04. The molecule has 0 atom stereocenters. The molecule has 0 aliphatic heterocycles. The maximum atomic E-state index is 5.68. The van der Waals surface area contributed by atoms with E-state index >= 15 is 0 Å². The molecular weight excluding hydrogens is 251 g/mol. The van der Waals surface area contributed by atoms with Crippen LogP contribution in [0.25, 0.3) is 0 Å². The third-order valence-corrected chi connectivity index (χ3v) is 3.03. The molecule has 1 aromatic heterocycles. The Bertz CT molecular complexity index is 299. The van der Waals surface area contributed by atoms with Crippen LogP contribution in [0.3, 0.4) is 0 Å². The van der Waals surface area contributed by atoms with Gasteiger partial charge in [-0.15, -0.1) is 10.2 Å². The van der Waals surface area contributed by atoms with E-state index in [9.17, 15) is 0 Å². The van der Waals surface area contributed by atoms with Gasteiger partial charge in [0.1, 0.15) is 5.03 Å². The van der Waals surface area contributed by atoms with Crippen molar-refractivity contribution in [3.63, 3.8) is 0 Å². The average Bonchev–Trinajstić information content (AvgIpc) is 2.16. The molecule has 0 fully saturated rings. The van der Waals surface area contributed by atoms with Crippen molar-refractivity contribution in [1.82, 2.24) is 10.2 Å². The van der Waals surface area contributed by atoms with Gasteiger partial charge in [0.05, 0.1) is 0 Å². The number of hydrogen-bond acceptors (Lipinski definition) is 3. The molecule has 1 heterocycles. The van der Waals surface area contributed by atoms with Gasteiger partial charge in [-0.05, 0) is 12.1 Å². The molecule has 1 aromatic rings. The molecule has 0 aliphatic rings. The Morgan fingerprint density at radius 2 is 2.23 bits per heavy atom. The largest absolute Gasteiger partial charge is 0.151 e. The summed E-state index contributed by atoms with van der Waals surface area (Å²) in [4.78, 5) is 0. The van der Waals surface area contributed by atoms with E-state index in [-0.39, 0.29) is 0 Å². The predicted molar refractivity (Wildman–Crippen MR) is 57.6 cm³/mol. The van der Waals surface area contributed by atoms with E-state index < -0.39 is 0 Å². The van der Waals surface area contributed by atoms with Crippen molar-refractivity contribution in [3.8, 4) is 0 Å². The summed E-state index contributed by atoms with van der Waals surface area (Å²) in [7, 11) is 0. The highest BCUT2D eigenvalue weighted by Crippen LogP contribution is 2.20. The first-order valence-electron chi connectivity index (χ1n) is 3.29. The van der Waals surface area contributed by atoms with E-state index in [2.05, 4.69) is 10.2 Å². The zero-order valence-electron chi connectivity index (χ0n) is 6.38. The Labute approximate surface area is 95.3 Å². The Hall–Kier alpha value is 0.0400. The van der Waals surface area contributed by atoms with Crippen LogP contribution in [0, 0.1) is 0 Å². The van der Waals surface area contributed by atoms with Gasteiger partial charge >= 0.3 is 0 Å². The third kappa shape index (κ3) is 4.18. The standard InChI is InChI=1S/C7H5Cl3N2S/c8-3-5(9)4-13-7-2-1-6(10)11-12-7/h1-3H,4H2/b5-3+. The molecule has 0 radical (unpaired) electrons. The van der Waals surface area contributed by atoms with Crippen LogP contribution in [0.2, 0.25) is 5.15 Å². The van der Waals surface area contributed by atoms with Crippen molar-refractivity contribution < 1.29 is 0 Å². The number of rotatable bonds is 3. The molecule has 0 unspecified atom stereocenters. The highest BCUT2D eigenvalue weighted by atomic mass is 35.5. The SMILES string of the molecule is Cl/C=C(/Cl)CSc1ccc(Cl)nn1. The summed E-state index contributed by atoms with van der Waals surface area (Å²) < 4.78 is 0. The molecule has 13 heavy (non-hydrogen) atoms. The van der Waals surface area contributed by atoms with Crippen LogP contribution >= 0.6 is 46.6 Å². The minimum atomic E-state index is 0.378. The molecule has 70 valence electrons. The van der Waals surface area contributed by atoms with Gasteiger partial charge < -0.3 is 0 Å². The predicted octanol–water partition coefficient (Wildman–Crippen LogP) is 3.54. The smallest absolute Gasteiger partial charge is 0.143 e. The first kappa shape index (κ1) is 11.1. The highest BCUT2D eigenvalue weighted by molar-refractivity contribution is 7.99. The van der Waals surface area contributed by atoms with E-state index in [0.717, 1.165) is 5.03 Å². The lowest BCUT2D eigenvalue weighted by molar-refractivity contribution is 0.931. The molecule has 0 aromatic carbocycles. The Morgan fingerprint density at radius 3 is 2.77 bits per heavy atom. The molecule has 0 saturated heterocycles. The molecule has 0 saturated carbocycles. The molecule has 0 amide bonds. The quantitative estimate of drug-likeness (QED) is 0.773. The summed E-state index contributed by atoms with van der Waals surface area (Å²) in [6.45, 7) is 0. The first-order chi connectivity index (χ1) is 6.22. The van der Waals surface area contributed by atoms with E-state index in [4.69, 9.17) is 34.8 Å². The maximum absolute atomic E-state index is 5.68. The van der Waals surface area contributed by atoms with Crippen LogP contribution in [0.4, 0.5) is 0 Å². The lowest BCUT2D eigenvalue weighted by Crippen LogP contribution is -1.86. The topological polar surface area (TPSA) is 25.8 Å². The number of hydrogen-bond donors (Lipinski definition) is 0. The van der Waals surface area contributed by atoms with E-state index in [1.165, 1.54) is 17.3 Å². The highest BCUT2D eigenvalue weighted by Gasteiger charge is 1.98. The summed E-state index contributed by atoms with van der Waals surface area (Å²) in [6, 6.07) is 3.45. The number of aromatic nitrogens is 2. The maximum Gasteiger partial charge on any atom is 0.151 e. The monoisotopic (exact) mass is 254 g/mol. The summed E-state index contributed by atoms with van der Waals surface area (Å²) in [5, 5.41) is 9.23. The van der Waals surface area contributed by atoms with Gasteiger partial charge in [0, 0.05) is 16.3 Å². The van der Waals surface area contributed by atoms with Crippen LogP contribution in [0.1, 0.15) is 0 Å². The van der Waals surface area contributed by atoms with E-state index in [1.807, 2.05) is 0 Å². The molecule has 2 nitrogen and oxygen atoms in total.